The van der Waals surface area contributed by atoms with Gasteiger partial charge in [0.05, 0.1) is 0 Å². The van der Waals surface area contributed by atoms with Crippen LogP contribution in [0.3, 0.4) is 0 Å². The predicted molar refractivity (Wildman–Crippen MR) is 54.6 cm³/mol. The van der Waals surface area contributed by atoms with Crippen molar-refractivity contribution in [3.05, 3.63) is 9.81 Å². The maximum atomic E-state index is 2.20. The van der Waals surface area contributed by atoms with E-state index in [0.717, 1.165) is 0 Å². The lowest BCUT2D eigenvalue weighted by atomic mass is 10.6. The molecule has 0 aliphatic heterocycles. The van der Waals surface area contributed by atoms with Gasteiger partial charge in [-0.15, -0.1) is 23.5 Å². The lowest BCUT2D eigenvalue weighted by molar-refractivity contribution is 1.48. The highest BCUT2D eigenvalue weighted by Crippen LogP contribution is 2.25. The summed E-state index contributed by atoms with van der Waals surface area (Å²) in [5, 5.41) is 0. The molecule has 0 atom stereocenters. The fourth-order valence-corrected chi connectivity index (χ4v) is 2.26. The first kappa shape index (κ1) is 10.4. The number of hydrogen-bond acceptors (Lipinski definition) is 2. The molecule has 0 nitrogen and oxygen atoms in total. The second-order valence-electron chi connectivity index (χ2n) is 1.98. The third-order valence-electron chi connectivity index (χ3n) is 1.22. The van der Waals surface area contributed by atoms with Crippen LogP contribution in [0.1, 0.15) is 27.7 Å². The number of allylic oxidation sites excluding steroid dienone is 2. The molecule has 0 aromatic carbocycles. The van der Waals surface area contributed by atoms with E-state index in [1.807, 2.05) is 23.5 Å². The molecule has 0 aromatic heterocycles. The van der Waals surface area contributed by atoms with Gasteiger partial charge in [0.25, 0.3) is 0 Å². The zero-order chi connectivity index (χ0) is 7.98. The van der Waals surface area contributed by atoms with Gasteiger partial charge in [0.15, 0.2) is 0 Å². The first-order valence-electron chi connectivity index (χ1n) is 3.65. The van der Waals surface area contributed by atoms with Gasteiger partial charge in [-0.05, 0) is 35.2 Å². The summed E-state index contributed by atoms with van der Waals surface area (Å²) in [6.45, 7) is 8.79. The molecule has 0 heterocycles. The summed E-state index contributed by atoms with van der Waals surface area (Å²) in [5.74, 6) is 2.38. The van der Waals surface area contributed by atoms with Gasteiger partial charge in [-0.3, -0.25) is 0 Å². The standard InChI is InChI=1S/C8H16S2/c1-5-9-7(3)8(4)10-6-2/h5-6H2,1-4H3/b8-7+. The zero-order valence-electron chi connectivity index (χ0n) is 7.23. The van der Waals surface area contributed by atoms with Crippen LogP contribution in [0.15, 0.2) is 9.81 Å². The van der Waals surface area contributed by atoms with Crippen LogP contribution in [0, 0.1) is 0 Å². The first-order valence-corrected chi connectivity index (χ1v) is 5.62. The van der Waals surface area contributed by atoms with E-state index in [1.54, 1.807) is 0 Å². The molecular formula is C8H16S2. The van der Waals surface area contributed by atoms with Crippen molar-refractivity contribution < 1.29 is 0 Å². The Balaban J connectivity index is 3.79. The maximum Gasteiger partial charge on any atom is -0.00515 e. The van der Waals surface area contributed by atoms with Gasteiger partial charge in [0, 0.05) is 0 Å². The summed E-state index contributed by atoms with van der Waals surface area (Å²) in [5.41, 5.74) is 0. The Kier molecular flexibility index (Phi) is 6.44. The molecule has 0 N–H and O–H groups in total. The molecule has 0 aliphatic rings. The molecule has 0 saturated carbocycles. The highest BCUT2D eigenvalue weighted by atomic mass is 32.2. The second-order valence-corrected chi connectivity index (χ2v) is 4.94. The predicted octanol–water partition coefficient (Wildman–Crippen LogP) is 3.74. The molecule has 0 bridgehead atoms. The molecule has 0 amide bonds. The molecule has 10 heavy (non-hydrogen) atoms. The summed E-state index contributed by atoms with van der Waals surface area (Å²) >= 11 is 3.88. The van der Waals surface area contributed by atoms with Crippen molar-refractivity contribution in [2.45, 2.75) is 27.7 Å². The summed E-state index contributed by atoms with van der Waals surface area (Å²) in [7, 11) is 0. The monoisotopic (exact) mass is 176 g/mol. The first-order chi connectivity index (χ1) is 4.72. The van der Waals surface area contributed by atoms with Crippen LogP contribution in [0.5, 0.6) is 0 Å². The van der Waals surface area contributed by atoms with Crippen LogP contribution in [-0.4, -0.2) is 11.5 Å². The van der Waals surface area contributed by atoms with Gasteiger partial charge in [0.1, 0.15) is 0 Å². The highest BCUT2D eigenvalue weighted by molar-refractivity contribution is 8.06. The quantitative estimate of drug-likeness (QED) is 0.640. The third kappa shape index (κ3) is 4.29. The van der Waals surface area contributed by atoms with E-state index in [-0.39, 0.29) is 0 Å². The molecular weight excluding hydrogens is 160 g/mol. The smallest absolute Gasteiger partial charge is 0.00515 e. The number of rotatable bonds is 4. The van der Waals surface area contributed by atoms with E-state index in [9.17, 15) is 0 Å². The van der Waals surface area contributed by atoms with Crippen molar-refractivity contribution in [3.8, 4) is 0 Å². The van der Waals surface area contributed by atoms with Crippen LogP contribution in [0.4, 0.5) is 0 Å². The van der Waals surface area contributed by atoms with Crippen LogP contribution in [-0.2, 0) is 0 Å². The minimum Gasteiger partial charge on any atom is -0.130 e. The van der Waals surface area contributed by atoms with Gasteiger partial charge in [-0.25, -0.2) is 0 Å². The Morgan fingerprint density at radius 2 is 1.20 bits per heavy atom. The van der Waals surface area contributed by atoms with Gasteiger partial charge in [0.2, 0.25) is 0 Å². The molecule has 60 valence electrons. The largest absolute Gasteiger partial charge is 0.130 e. The molecule has 0 saturated heterocycles. The van der Waals surface area contributed by atoms with Crippen LogP contribution >= 0.6 is 23.5 Å². The minimum absolute atomic E-state index is 1.19. The molecule has 0 unspecified atom stereocenters. The summed E-state index contributed by atoms with van der Waals surface area (Å²) in [6, 6.07) is 0. The van der Waals surface area contributed by atoms with E-state index in [4.69, 9.17) is 0 Å². The fraction of sp³-hybridized carbons (Fsp3) is 0.750. The second kappa shape index (κ2) is 6.17. The van der Waals surface area contributed by atoms with E-state index >= 15 is 0 Å². The van der Waals surface area contributed by atoms with E-state index in [2.05, 4.69) is 27.7 Å². The Morgan fingerprint density at radius 1 is 0.900 bits per heavy atom. The number of hydrogen-bond donors (Lipinski definition) is 0. The topological polar surface area (TPSA) is 0 Å². The Hall–Kier alpha value is 0.440. The SMILES string of the molecule is CCS/C(C)=C(\C)SCC. The van der Waals surface area contributed by atoms with E-state index < -0.39 is 0 Å². The van der Waals surface area contributed by atoms with Crippen molar-refractivity contribution in [1.82, 2.24) is 0 Å². The Morgan fingerprint density at radius 3 is 1.40 bits per heavy atom. The normalized spacial score (nSPS) is 13.2. The van der Waals surface area contributed by atoms with E-state index in [1.165, 1.54) is 21.3 Å². The van der Waals surface area contributed by atoms with Crippen LogP contribution in [0.2, 0.25) is 0 Å². The molecule has 0 fully saturated rings. The van der Waals surface area contributed by atoms with Gasteiger partial charge >= 0.3 is 0 Å². The Bertz CT molecular complexity index is 102. The van der Waals surface area contributed by atoms with Gasteiger partial charge in [-0.1, -0.05) is 13.8 Å². The van der Waals surface area contributed by atoms with Crippen LogP contribution < -0.4 is 0 Å². The average molecular weight is 176 g/mol. The highest BCUT2D eigenvalue weighted by Gasteiger charge is 1.94. The van der Waals surface area contributed by atoms with Crippen molar-refractivity contribution in [2.24, 2.45) is 0 Å². The lowest BCUT2D eigenvalue weighted by Gasteiger charge is -2.03. The van der Waals surface area contributed by atoms with Crippen molar-refractivity contribution in [3.63, 3.8) is 0 Å². The summed E-state index contributed by atoms with van der Waals surface area (Å²) in [6.07, 6.45) is 0. The Labute approximate surface area is 72.9 Å². The van der Waals surface area contributed by atoms with E-state index in [0.29, 0.717) is 0 Å². The third-order valence-corrected chi connectivity index (χ3v) is 3.40. The average Bonchev–Trinajstić information content (AvgIpc) is 1.89. The maximum absolute atomic E-state index is 2.20. The molecule has 0 spiro atoms. The van der Waals surface area contributed by atoms with Crippen molar-refractivity contribution >= 4 is 23.5 Å². The van der Waals surface area contributed by atoms with Crippen molar-refractivity contribution in [1.29, 1.82) is 0 Å². The molecule has 0 radical (unpaired) electrons. The molecule has 0 rings (SSSR count). The van der Waals surface area contributed by atoms with Gasteiger partial charge < -0.3 is 0 Å². The van der Waals surface area contributed by atoms with Gasteiger partial charge in [-0.2, -0.15) is 0 Å². The fourth-order valence-electron chi connectivity index (χ4n) is 0.636. The lowest BCUT2D eigenvalue weighted by Crippen LogP contribution is -1.76. The van der Waals surface area contributed by atoms with Crippen LogP contribution in [0.25, 0.3) is 0 Å². The van der Waals surface area contributed by atoms with Crippen molar-refractivity contribution in [2.75, 3.05) is 11.5 Å². The molecule has 0 aromatic rings. The summed E-state index contributed by atoms with van der Waals surface area (Å²) in [4.78, 5) is 2.96. The molecule has 0 aliphatic carbocycles. The summed E-state index contributed by atoms with van der Waals surface area (Å²) < 4.78 is 0. The minimum atomic E-state index is 1.19. The zero-order valence-corrected chi connectivity index (χ0v) is 8.86. The number of thioether (sulfide) groups is 2. The molecule has 2 heteroatoms.